The van der Waals surface area contributed by atoms with Crippen molar-refractivity contribution in [3.05, 3.63) is 67.4 Å². The Morgan fingerprint density at radius 3 is 2.71 bits per heavy atom. The maximum atomic E-state index is 12.1. The third-order valence-electron chi connectivity index (χ3n) is 4.61. The number of piperazine rings is 1. The second kappa shape index (κ2) is 6.93. The number of halogens is 1. The monoisotopic (exact) mass is 348 g/mol. The Bertz CT molecular complexity index is 858. The fourth-order valence-electron chi connectivity index (χ4n) is 3.13. The van der Waals surface area contributed by atoms with Gasteiger partial charge in [-0.05, 0) is 11.6 Å². The minimum atomic E-state index is -0.304. The topological polar surface area (TPSA) is 59.3 Å². The van der Waals surface area contributed by atoms with Crippen LogP contribution in [0.5, 0.6) is 0 Å². The molecule has 0 spiro atoms. The van der Waals surface area contributed by atoms with Gasteiger partial charge in [-0.15, -0.1) is 0 Å². The summed E-state index contributed by atoms with van der Waals surface area (Å²) < 4.78 is 2.65. The predicted molar refractivity (Wildman–Crippen MR) is 94.4 cm³/mol. The Morgan fingerprint density at radius 1 is 1.21 bits per heavy atom. The van der Waals surface area contributed by atoms with Gasteiger partial charge in [0.1, 0.15) is 0 Å². The van der Waals surface area contributed by atoms with Crippen LogP contribution in [0.3, 0.4) is 0 Å². The van der Waals surface area contributed by atoms with E-state index in [9.17, 15) is 9.59 Å². The summed E-state index contributed by atoms with van der Waals surface area (Å²) in [6, 6.07) is 9.44. The Morgan fingerprint density at radius 2 is 1.96 bits per heavy atom. The molecule has 7 heteroatoms. The lowest BCUT2D eigenvalue weighted by atomic mass is 10.0. The van der Waals surface area contributed by atoms with Gasteiger partial charge in [-0.2, -0.15) is 0 Å². The van der Waals surface area contributed by atoms with Crippen molar-refractivity contribution in [2.45, 2.75) is 12.6 Å². The van der Waals surface area contributed by atoms with Gasteiger partial charge in [0.2, 0.25) is 0 Å². The molecule has 6 nitrogen and oxygen atoms in total. The first-order chi connectivity index (χ1) is 11.5. The quantitative estimate of drug-likeness (QED) is 0.894. The zero-order valence-electron chi connectivity index (χ0n) is 13.8. The molecule has 1 unspecified atom stereocenters. The lowest BCUT2D eigenvalue weighted by Crippen LogP contribution is -2.47. The minimum Gasteiger partial charge on any atom is -0.314 e. The second-order valence-corrected chi connectivity index (χ2v) is 6.49. The molecule has 1 aliphatic rings. The molecular formula is C17H21ClN4O2. The summed E-state index contributed by atoms with van der Waals surface area (Å²) >= 11 is 6.37. The molecular weight excluding hydrogens is 328 g/mol. The van der Waals surface area contributed by atoms with E-state index in [-0.39, 0.29) is 17.3 Å². The van der Waals surface area contributed by atoms with Crippen molar-refractivity contribution in [2.24, 2.45) is 14.1 Å². The lowest BCUT2D eigenvalue weighted by Gasteiger charge is -2.37. The van der Waals surface area contributed by atoms with Gasteiger partial charge in [0, 0.05) is 63.1 Å². The molecule has 24 heavy (non-hydrogen) atoms. The van der Waals surface area contributed by atoms with Gasteiger partial charge < -0.3 is 5.32 Å². The molecule has 3 rings (SSSR count). The predicted octanol–water partition coefficient (Wildman–Crippen LogP) is 0.884. The van der Waals surface area contributed by atoms with E-state index in [4.69, 9.17) is 11.6 Å². The van der Waals surface area contributed by atoms with Crippen molar-refractivity contribution in [2.75, 3.05) is 19.6 Å². The number of benzene rings is 1. The Hall–Kier alpha value is -1.89. The van der Waals surface area contributed by atoms with Crippen LogP contribution in [-0.2, 0) is 20.6 Å². The molecule has 1 N–H and O–H groups in total. The molecule has 1 fully saturated rings. The Labute approximate surface area is 145 Å². The SMILES string of the molecule is Cn1c(CN2CCNCC2c2ccccc2Cl)cc(=O)n(C)c1=O. The van der Waals surface area contributed by atoms with Crippen LogP contribution in [0, 0.1) is 0 Å². The number of hydrogen-bond donors (Lipinski definition) is 1. The highest BCUT2D eigenvalue weighted by atomic mass is 35.5. The summed E-state index contributed by atoms with van der Waals surface area (Å²) in [4.78, 5) is 26.3. The smallest absolute Gasteiger partial charge is 0.314 e. The van der Waals surface area contributed by atoms with Crippen molar-refractivity contribution in [1.29, 1.82) is 0 Å². The van der Waals surface area contributed by atoms with Crippen LogP contribution in [-0.4, -0.2) is 33.7 Å². The minimum absolute atomic E-state index is 0.103. The molecule has 2 aromatic rings. The molecule has 0 radical (unpaired) electrons. The van der Waals surface area contributed by atoms with Gasteiger partial charge in [-0.25, -0.2) is 4.79 Å². The molecule has 1 saturated heterocycles. The van der Waals surface area contributed by atoms with Gasteiger partial charge >= 0.3 is 5.69 Å². The second-order valence-electron chi connectivity index (χ2n) is 6.09. The number of nitrogens with zero attached hydrogens (tertiary/aromatic N) is 3. The van der Waals surface area contributed by atoms with E-state index < -0.39 is 0 Å². The zero-order valence-corrected chi connectivity index (χ0v) is 14.6. The van der Waals surface area contributed by atoms with Crippen molar-refractivity contribution < 1.29 is 0 Å². The van der Waals surface area contributed by atoms with Crippen LogP contribution in [0.25, 0.3) is 0 Å². The highest BCUT2D eigenvalue weighted by molar-refractivity contribution is 6.31. The van der Waals surface area contributed by atoms with E-state index in [0.717, 1.165) is 34.8 Å². The number of nitrogens with one attached hydrogen (secondary N) is 1. The van der Waals surface area contributed by atoms with E-state index in [1.165, 1.54) is 17.7 Å². The molecule has 0 amide bonds. The van der Waals surface area contributed by atoms with Crippen LogP contribution in [0.4, 0.5) is 0 Å². The van der Waals surface area contributed by atoms with Crippen LogP contribution >= 0.6 is 11.6 Å². The molecule has 1 aromatic heterocycles. The van der Waals surface area contributed by atoms with Crippen LogP contribution in [0.15, 0.2) is 39.9 Å². The lowest BCUT2D eigenvalue weighted by molar-refractivity contribution is 0.150. The molecule has 1 aliphatic heterocycles. The zero-order chi connectivity index (χ0) is 17.3. The van der Waals surface area contributed by atoms with Crippen molar-refractivity contribution >= 4 is 11.6 Å². The fourth-order valence-corrected chi connectivity index (χ4v) is 3.39. The summed E-state index contributed by atoms with van der Waals surface area (Å²) in [5, 5.41) is 4.12. The first-order valence-corrected chi connectivity index (χ1v) is 8.32. The third kappa shape index (κ3) is 3.17. The van der Waals surface area contributed by atoms with Gasteiger partial charge in [-0.1, -0.05) is 29.8 Å². The van der Waals surface area contributed by atoms with Crippen molar-refractivity contribution in [3.8, 4) is 0 Å². The normalized spacial score (nSPS) is 18.7. The van der Waals surface area contributed by atoms with E-state index in [1.807, 2.05) is 24.3 Å². The van der Waals surface area contributed by atoms with Gasteiger partial charge in [0.15, 0.2) is 0 Å². The average Bonchev–Trinajstić information content (AvgIpc) is 2.59. The number of hydrogen-bond acceptors (Lipinski definition) is 4. The summed E-state index contributed by atoms with van der Waals surface area (Å²) in [7, 11) is 3.19. The van der Waals surface area contributed by atoms with E-state index >= 15 is 0 Å². The summed E-state index contributed by atoms with van der Waals surface area (Å²) in [6.07, 6.45) is 0. The van der Waals surface area contributed by atoms with Crippen LogP contribution < -0.4 is 16.6 Å². The molecule has 1 atom stereocenters. The molecule has 0 bridgehead atoms. The highest BCUT2D eigenvalue weighted by Crippen LogP contribution is 2.29. The van der Waals surface area contributed by atoms with Crippen LogP contribution in [0.2, 0.25) is 5.02 Å². The summed E-state index contributed by atoms with van der Waals surface area (Å²) in [6.45, 7) is 2.99. The average molecular weight is 349 g/mol. The summed E-state index contributed by atoms with van der Waals surface area (Å²) in [5.41, 5.74) is 1.18. The standard InChI is InChI=1S/C17H21ClN4O2/c1-20-12(9-16(23)21(2)17(20)24)11-22-8-7-19-10-15(22)13-5-3-4-6-14(13)18/h3-6,9,15,19H,7-8,10-11H2,1-2H3. The van der Waals surface area contributed by atoms with E-state index in [2.05, 4.69) is 10.2 Å². The highest BCUT2D eigenvalue weighted by Gasteiger charge is 2.26. The Kier molecular flexibility index (Phi) is 4.89. The van der Waals surface area contributed by atoms with E-state index in [1.54, 1.807) is 7.05 Å². The fraction of sp³-hybridized carbons (Fsp3) is 0.412. The van der Waals surface area contributed by atoms with Crippen LogP contribution in [0.1, 0.15) is 17.3 Å². The molecule has 128 valence electrons. The maximum absolute atomic E-state index is 12.1. The number of rotatable bonds is 3. The maximum Gasteiger partial charge on any atom is 0.330 e. The van der Waals surface area contributed by atoms with Gasteiger partial charge in [0.05, 0.1) is 0 Å². The van der Waals surface area contributed by atoms with Gasteiger partial charge in [-0.3, -0.25) is 18.8 Å². The first kappa shape index (κ1) is 17.0. The molecule has 0 aliphatic carbocycles. The van der Waals surface area contributed by atoms with E-state index in [0.29, 0.717) is 12.2 Å². The Balaban J connectivity index is 1.95. The first-order valence-electron chi connectivity index (χ1n) is 7.94. The van der Waals surface area contributed by atoms with Crippen molar-refractivity contribution in [1.82, 2.24) is 19.4 Å². The molecule has 1 aromatic carbocycles. The van der Waals surface area contributed by atoms with Gasteiger partial charge in [0.25, 0.3) is 5.56 Å². The number of aromatic nitrogens is 2. The van der Waals surface area contributed by atoms with Crippen molar-refractivity contribution in [3.63, 3.8) is 0 Å². The molecule has 0 saturated carbocycles. The largest absolute Gasteiger partial charge is 0.330 e. The summed E-state index contributed by atoms with van der Waals surface area (Å²) in [5.74, 6) is 0. The molecule has 2 heterocycles. The third-order valence-corrected chi connectivity index (χ3v) is 4.95.